The van der Waals surface area contributed by atoms with Crippen molar-refractivity contribution in [2.45, 2.75) is 52.2 Å². The molecule has 0 amide bonds. The molecule has 0 saturated heterocycles. The van der Waals surface area contributed by atoms with Crippen molar-refractivity contribution in [2.24, 2.45) is 4.99 Å². The van der Waals surface area contributed by atoms with Gasteiger partial charge in [-0.3, -0.25) is 4.99 Å². The normalized spacial score (nSPS) is 18.2. The van der Waals surface area contributed by atoms with Gasteiger partial charge in [0.05, 0.1) is 6.54 Å². The van der Waals surface area contributed by atoms with Crippen LogP contribution in [0.25, 0.3) is 0 Å². The Labute approximate surface area is 98.9 Å². The number of amidine groups is 1. The van der Waals surface area contributed by atoms with Gasteiger partial charge in [0.2, 0.25) is 0 Å². The lowest BCUT2D eigenvalue weighted by Crippen LogP contribution is -2.35. The van der Waals surface area contributed by atoms with E-state index in [9.17, 15) is 5.11 Å². The molecule has 0 aliphatic carbocycles. The molecule has 1 aliphatic rings. The van der Waals surface area contributed by atoms with Crippen LogP contribution in [-0.2, 0) is 0 Å². The average molecular weight is 224 g/mol. The topological polar surface area (TPSA) is 35.8 Å². The molecule has 0 bridgehead atoms. The molecule has 3 heteroatoms. The van der Waals surface area contributed by atoms with Crippen LogP contribution < -0.4 is 0 Å². The van der Waals surface area contributed by atoms with Gasteiger partial charge in [0.1, 0.15) is 12.1 Å². The summed E-state index contributed by atoms with van der Waals surface area (Å²) in [6.07, 6.45) is 9.82. The van der Waals surface area contributed by atoms with E-state index in [1.54, 1.807) is 0 Å². The van der Waals surface area contributed by atoms with E-state index in [2.05, 4.69) is 24.1 Å². The van der Waals surface area contributed by atoms with Gasteiger partial charge in [-0.15, -0.1) is 0 Å². The first-order chi connectivity index (χ1) is 7.75. The van der Waals surface area contributed by atoms with E-state index in [4.69, 9.17) is 0 Å². The minimum absolute atomic E-state index is 0.385. The van der Waals surface area contributed by atoms with E-state index in [-0.39, 0.29) is 6.23 Å². The number of hydrogen-bond acceptors (Lipinski definition) is 3. The first-order valence-corrected chi connectivity index (χ1v) is 6.35. The van der Waals surface area contributed by atoms with Crippen molar-refractivity contribution < 1.29 is 5.11 Å². The first-order valence-electron chi connectivity index (χ1n) is 6.35. The van der Waals surface area contributed by atoms with Gasteiger partial charge in [-0.05, 0) is 33.1 Å². The molecule has 0 saturated carbocycles. The SMILES string of the molecule is C/C=C/CCCCCC1=NCCN1C(C)O. The fourth-order valence-corrected chi connectivity index (χ4v) is 2.02. The average Bonchev–Trinajstić information content (AvgIpc) is 2.71. The van der Waals surface area contributed by atoms with Crippen molar-refractivity contribution in [3.63, 3.8) is 0 Å². The summed E-state index contributed by atoms with van der Waals surface area (Å²) in [7, 11) is 0. The first kappa shape index (κ1) is 13.2. The molecule has 1 atom stereocenters. The second-order valence-electron chi connectivity index (χ2n) is 4.29. The fourth-order valence-electron chi connectivity index (χ4n) is 2.02. The summed E-state index contributed by atoms with van der Waals surface area (Å²) >= 11 is 0. The maximum absolute atomic E-state index is 9.53. The molecule has 0 aromatic rings. The maximum atomic E-state index is 9.53. The van der Waals surface area contributed by atoms with Crippen LogP contribution in [-0.4, -0.2) is 35.2 Å². The Morgan fingerprint density at radius 3 is 2.94 bits per heavy atom. The minimum atomic E-state index is -0.385. The van der Waals surface area contributed by atoms with Crippen molar-refractivity contribution >= 4 is 5.84 Å². The Balaban J connectivity index is 2.13. The van der Waals surface area contributed by atoms with Crippen LogP contribution in [0.5, 0.6) is 0 Å². The number of nitrogens with zero attached hydrogens (tertiary/aromatic N) is 2. The Bertz CT molecular complexity index is 246. The molecule has 0 fully saturated rings. The second kappa shape index (κ2) is 7.44. The number of hydrogen-bond donors (Lipinski definition) is 1. The molecule has 92 valence electrons. The third kappa shape index (κ3) is 4.35. The highest BCUT2D eigenvalue weighted by Gasteiger charge is 2.19. The van der Waals surface area contributed by atoms with Gasteiger partial charge in [-0.1, -0.05) is 18.6 Å². The van der Waals surface area contributed by atoms with Crippen LogP contribution in [0.1, 0.15) is 46.0 Å². The Hall–Kier alpha value is -0.830. The zero-order valence-electron chi connectivity index (χ0n) is 10.5. The summed E-state index contributed by atoms with van der Waals surface area (Å²) in [4.78, 5) is 6.45. The fraction of sp³-hybridized carbons (Fsp3) is 0.769. The number of aliphatic hydroxyl groups excluding tert-OH is 1. The van der Waals surface area contributed by atoms with Crippen molar-refractivity contribution in [1.82, 2.24) is 4.90 Å². The Kier molecular flexibility index (Phi) is 6.16. The molecule has 0 aromatic heterocycles. The smallest absolute Gasteiger partial charge is 0.125 e. The van der Waals surface area contributed by atoms with Crippen molar-refractivity contribution in [1.29, 1.82) is 0 Å². The van der Waals surface area contributed by atoms with E-state index in [1.807, 2.05) is 11.8 Å². The quantitative estimate of drug-likeness (QED) is 0.533. The zero-order valence-corrected chi connectivity index (χ0v) is 10.5. The van der Waals surface area contributed by atoms with Gasteiger partial charge in [0.25, 0.3) is 0 Å². The highest BCUT2D eigenvalue weighted by atomic mass is 16.3. The second-order valence-corrected chi connectivity index (χ2v) is 4.29. The summed E-state index contributed by atoms with van der Waals surface area (Å²) in [6, 6.07) is 0. The maximum Gasteiger partial charge on any atom is 0.125 e. The number of allylic oxidation sites excluding steroid dienone is 2. The van der Waals surface area contributed by atoms with Crippen LogP contribution in [0.2, 0.25) is 0 Å². The van der Waals surface area contributed by atoms with Gasteiger partial charge in [0, 0.05) is 13.0 Å². The highest BCUT2D eigenvalue weighted by Crippen LogP contribution is 2.12. The zero-order chi connectivity index (χ0) is 11.8. The van der Waals surface area contributed by atoms with E-state index in [0.717, 1.165) is 25.3 Å². The van der Waals surface area contributed by atoms with Crippen LogP contribution in [0.3, 0.4) is 0 Å². The Morgan fingerprint density at radius 1 is 1.44 bits per heavy atom. The van der Waals surface area contributed by atoms with Gasteiger partial charge in [0.15, 0.2) is 0 Å². The molecule has 1 unspecified atom stereocenters. The molecular formula is C13H24N2O. The molecular weight excluding hydrogens is 200 g/mol. The summed E-state index contributed by atoms with van der Waals surface area (Å²) < 4.78 is 0. The Morgan fingerprint density at radius 2 is 2.25 bits per heavy atom. The monoisotopic (exact) mass is 224 g/mol. The number of rotatable bonds is 7. The molecule has 0 aromatic carbocycles. The standard InChI is InChI=1S/C13H24N2O/c1-3-4-5-6-7-8-9-13-14-10-11-15(13)12(2)16/h3-4,12,16H,5-11H2,1-2H3/b4-3+. The lowest BCUT2D eigenvalue weighted by atomic mass is 10.1. The predicted molar refractivity (Wildman–Crippen MR) is 68.6 cm³/mol. The van der Waals surface area contributed by atoms with Crippen molar-refractivity contribution in [3.05, 3.63) is 12.2 Å². The molecule has 3 nitrogen and oxygen atoms in total. The number of aliphatic imine (C=N–C) groups is 1. The van der Waals surface area contributed by atoms with Crippen LogP contribution in [0.15, 0.2) is 17.1 Å². The molecule has 16 heavy (non-hydrogen) atoms. The molecule has 1 heterocycles. The van der Waals surface area contributed by atoms with E-state index in [0.29, 0.717) is 0 Å². The lowest BCUT2D eigenvalue weighted by molar-refractivity contribution is 0.0766. The summed E-state index contributed by atoms with van der Waals surface area (Å²) in [6.45, 7) is 5.60. The van der Waals surface area contributed by atoms with Crippen molar-refractivity contribution in [3.8, 4) is 0 Å². The van der Waals surface area contributed by atoms with Gasteiger partial charge >= 0.3 is 0 Å². The summed E-state index contributed by atoms with van der Waals surface area (Å²) in [5.41, 5.74) is 0. The molecule has 1 aliphatic heterocycles. The van der Waals surface area contributed by atoms with E-state index < -0.39 is 0 Å². The third-order valence-electron chi connectivity index (χ3n) is 2.92. The molecule has 1 rings (SSSR count). The predicted octanol–water partition coefficient (Wildman–Crippen LogP) is 2.57. The van der Waals surface area contributed by atoms with Crippen LogP contribution in [0.4, 0.5) is 0 Å². The van der Waals surface area contributed by atoms with Crippen LogP contribution >= 0.6 is 0 Å². The summed E-state index contributed by atoms with van der Waals surface area (Å²) in [5, 5.41) is 9.53. The number of aliphatic hydroxyl groups is 1. The summed E-state index contributed by atoms with van der Waals surface area (Å²) in [5.74, 6) is 1.10. The van der Waals surface area contributed by atoms with Gasteiger partial charge in [-0.25, -0.2) is 0 Å². The van der Waals surface area contributed by atoms with E-state index >= 15 is 0 Å². The van der Waals surface area contributed by atoms with Crippen LogP contribution in [0, 0.1) is 0 Å². The minimum Gasteiger partial charge on any atom is -0.374 e. The molecule has 0 radical (unpaired) electrons. The number of unbranched alkanes of at least 4 members (excludes halogenated alkanes) is 3. The van der Waals surface area contributed by atoms with E-state index in [1.165, 1.54) is 25.7 Å². The largest absolute Gasteiger partial charge is 0.374 e. The van der Waals surface area contributed by atoms with Crippen molar-refractivity contribution in [2.75, 3.05) is 13.1 Å². The molecule has 0 spiro atoms. The molecule has 1 N–H and O–H groups in total. The van der Waals surface area contributed by atoms with Gasteiger partial charge < -0.3 is 10.0 Å². The van der Waals surface area contributed by atoms with Gasteiger partial charge in [-0.2, -0.15) is 0 Å². The third-order valence-corrected chi connectivity index (χ3v) is 2.92. The highest BCUT2D eigenvalue weighted by molar-refractivity contribution is 5.83. The lowest BCUT2D eigenvalue weighted by Gasteiger charge is -2.23.